The van der Waals surface area contributed by atoms with Crippen LogP contribution in [-0.2, 0) is 17.9 Å². The molecule has 1 aliphatic heterocycles. The number of carbonyl (C=O) groups excluding carboxylic acids is 1. The first-order chi connectivity index (χ1) is 17.5. The Morgan fingerprint density at radius 3 is 2.61 bits per heavy atom. The first-order valence-electron chi connectivity index (χ1n) is 12.3. The van der Waals surface area contributed by atoms with Gasteiger partial charge in [0, 0.05) is 63.5 Å². The minimum Gasteiger partial charge on any atom is -0.348 e. The van der Waals surface area contributed by atoms with E-state index in [0.717, 1.165) is 50.1 Å². The van der Waals surface area contributed by atoms with Crippen LogP contribution < -0.4 is 10.9 Å². The Morgan fingerprint density at radius 2 is 1.92 bits per heavy atom. The van der Waals surface area contributed by atoms with Crippen LogP contribution in [0.3, 0.4) is 0 Å². The van der Waals surface area contributed by atoms with Crippen molar-refractivity contribution in [2.75, 3.05) is 38.0 Å². The van der Waals surface area contributed by atoms with E-state index in [0.29, 0.717) is 24.7 Å². The van der Waals surface area contributed by atoms with Crippen molar-refractivity contribution in [3.8, 4) is 0 Å². The molecule has 1 aromatic carbocycles. The summed E-state index contributed by atoms with van der Waals surface area (Å²) in [5, 5.41) is 4.18. The summed E-state index contributed by atoms with van der Waals surface area (Å²) in [5.74, 6) is 0.483. The number of pyridine rings is 1. The molecule has 0 aliphatic carbocycles. The standard InChI is InChI=1S/C27H33N7O2/c1-4-24(35)33-16-14-32(15-17-33)19-21-6-8-22(9-7-21)20(2)30-27-29-18-23-10-11-25(36)34(26(23)31-27)13-5-12-28-3/h4,6-11,18,20H,1,3,5,12-17,19H2,2H3,(H,29,30,31)/t20-/m0/s1. The highest BCUT2D eigenvalue weighted by Gasteiger charge is 2.19. The van der Waals surface area contributed by atoms with Crippen molar-refractivity contribution in [1.29, 1.82) is 0 Å². The van der Waals surface area contributed by atoms with Crippen molar-refractivity contribution in [2.45, 2.75) is 32.5 Å². The molecule has 36 heavy (non-hydrogen) atoms. The number of aryl methyl sites for hydroxylation is 1. The number of aliphatic imine (C=N–C) groups is 1. The van der Waals surface area contributed by atoms with Crippen LogP contribution in [0, 0.1) is 0 Å². The summed E-state index contributed by atoms with van der Waals surface area (Å²) < 4.78 is 1.67. The van der Waals surface area contributed by atoms with E-state index in [9.17, 15) is 9.59 Å². The largest absolute Gasteiger partial charge is 0.348 e. The molecular weight excluding hydrogens is 454 g/mol. The molecule has 0 spiro atoms. The van der Waals surface area contributed by atoms with Gasteiger partial charge in [0.15, 0.2) is 0 Å². The molecule has 1 fully saturated rings. The molecule has 0 unspecified atom stereocenters. The van der Waals surface area contributed by atoms with Crippen molar-refractivity contribution in [3.05, 3.63) is 76.7 Å². The van der Waals surface area contributed by atoms with Crippen molar-refractivity contribution >= 4 is 29.6 Å². The summed E-state index contributed by atoms with van der Waals surface area (Å²) in [5.41, 5.74) is 2.87. The Hall–Kier alpha value is -3.85. The van der Waals surface area contributed by atoms with Gasteiger partial charge >= 0.3 is 0 Å². The normalized spacial score (nSPS) is 15.0. The van der Waals surface area contributed by atoms with Gasteiger partial charge in [-0.05, 0) is 43.3 Å². The zero-order valence-corrected chi connectivity index (χ0v) is 20.8. The van der Waals surface area contributed by atoms with Crippen LogP contribution in [0.1, 0.15) is 30.5 Å². The molecular formula is C27H33N7O2. The predicted octanol–water partition coefficient (Wildman–Crippen LogP) is 2.89. The molecule has 0 bridgehead atoms. The molecule has 1 amide bonds. The molecule has 188 valence electrons. The zero-order chi connectivity index (χ0) is 25.5. The Balaban J connectivity index is 1.39. The summed E-state index contributed by atoms with van der Waals surface area (Å²) in [4.78, 5) is 41.4. The number of rotatable bonds is 10. The fourth-order valence-corrected chi connectivity index (χ4v) is 4.40. The van der Waals surface area contributed by atoms with Gasteiger partial charge in [-0.2, -0.15) is 4.98 Å². The number of piperazine rings is 1. The van der Waals surface area contributed by atoms with E-state index in [1.54, 1.807) is 22.9 Å². The van der Waals surface area contributed by atoms with E-state index in [2.05, 4.69) is 69.7 Å². The lowest BCUT2D eigenvalue weighted by Crippen LogP contribution is -2.47. The number of amides is 1. The summed E-state index contributed by atoms with van der Waals surface area (Å²) in [6.07, 6.45) is 3.85. The van der Waals surface area contributed by atoms with Gasteiger partial charge in [-0.25, -0.2) is 4.98 Å². The van der Waals surface area contributed by atoms with Crippen molar-refractivity contribution in [1.82, 2.24) is 24.3 Å². The lowest BCUT2D eigenvalue weighted by molar-refractivity contribution is -0.127. The summed E-state index contributed by atoms with van der Waals surface area (Å²) >= 11 is 0. The molecule has 9 nitrogen and oxygen atoms in total. The molecule has 1 N–H and O–H groups in total. The maximum Gasteiger partial charge on any atom is 0.252 e. The van der Waals surface area contributed by atoms with E-state index in [-0.39, 0.29) is 17.5 Å². The van der Waals surface area contributed by atoms with E-state index in [1.807, 2.05) is 4.90 Å². The zero-order valence-electron chi connectivity index (χ0n) is 20.8. The molecule has 0 saturated carbocycles. The number of carbonyl (C=O) groups is 1. The van der Waals surface area contributed by atoms with Gasteiger partial charge in [0.2, 0.25) is 11.9 Å². The van der Waals surface area contributed by atoms with Crippen LogP contribution in [0.25, 0.3) is 11.0 Å². The van der Waals surface area contributed by atoms with Gasteiger partial charge in [-0.1, -0.05) is 30.8 Å². The van der Waals surface area contributed by atoms with Crippen molar-refractivity contribution in [2.24, 2.45) is 4.99 Å². The average molecular weight is 488 g/mol. The minimum atomic E-state index is -0.0893. The Morgan fingerprint density at radius 1 is 1.17 bits per heavy atom. The lowest BCUT2D eigenvalue weighted by atomic mass is 10.1. The summed E-state index contributed by atoms with van der Waals surface area (Å²) in [6.45, 7) is 14.3. The van der Waals surface area contributed by atoms with Crippen LogP contribution in [0.5, 0.6) is 0 Å². The molecule has 3 heterocycles. The average Bonchev–Trinajstić information content (AvgIpc) is 2.90. The van der Waals surface area contributed by atoms with Crippen molar-refractivity contribution in [3.63, 3.8) is 0 Å². The Labute approximate surface area is 211 Å². The predicted molar refractivity (Wildman–Crippen MR) is 143 cm³/mol. The van der Waals surface area contributed by atoms with Gasteiger partial charge in [0.1, 0.15) is 5.65 Å². The second kappa shape index (κ2) is 11.7. The lowest BCUT2D eigenvalue weighted by Gasteiger charge is -2.34. The van der Waals surface area contributed by atoms with Crippen LogP contribution in [-0.4, -0.2) is 69.7 Å². The highest BCUT2D eigenvalue weighted by Crippen LogP contribution is 2.20. The Kier molecular flexibility index (Phi) is 8.22. The van der Waals surface area contributed by atoms with Gasteiger partial charge in [-0.3, -0.25) is 19.1 Å². The summed E-state index contributed by atoms with van der Waals surface area (Å²) in [7, 11) is 0. The van der Waals surface area contributed by atoms with E-state index < -0.39 is 0 Å². The number of nitrogens with zero attached hydrogens (tertiary/aromatic N) is 6. The number of anilines is 1. The molecule has 2 aromatic heterocycles. The Bertz CT molecular complexity index is 1280. The molecule has 4 rings (SSSR count). The quantitative estimate of drug-likeness (QED) is 0.268. The van der Waals surface area contributed by atoms with Crippen LogP contribution in [0.4, 0.5) is 5.95 Å². The van der Waals surface area contributed by atoms with E-state index in [1.165, 1.54) is 11.6 Å². The SMILES string of the molecule is C=CC(=O)N1CCN(Cc2ccc([C@H](C)Nc3ncc4ccc(=O)n(CCCN=C)c4n3)cc2)CC1. The maximum atomic E-state index is 12.4. The first kappa shape index (κ1) is 25.2. The molecule has 1 saturated heterocycles. The molecule has 1 atom stereocenters. The minimum absolute atomic E-state index is 0.00385. The van der Waals surface area contributed by atoms with Gasteiger partial charge in [0.05, 0.1) is 6.04 Å². The first-order valence-corrected chi connectivity index (χ1v) is 12.3. The topological polar surface area (TPSA) is 95.7 Å². The number of hydrogen-bond acceptors (Lipinski definition) is 7. The van der Waals surface area contributed by atoms with Gasteiger partial charge in [0.25, 0.3) is 5.56 Å². The van der Waals surface area contributed by atoms with Crippen LogP contribution >= 0.6 is 0 Å². The van der Waals surface area contributed by atoms with Crippen LogP contribution in [0.2, 0.25) is 0 Å². The molecule has 0 radical (unpaired) electrons. The molecule has 9 heteroatoms. The number of fused-ring (bicyclic) bond motifs is 1. The number of hydrogen-bond donors (Lipinski definition) is 1. The number of nitrogens with one attached hydrogen (secondary N) is 1. The smallest absolute Gasteiger partial charge is 0.252 e. The van der Waals surface area contributed by atoms with Gasteiger partial charge < -0.3 is 15.2 Å². The molecule has 3 aromatic rings. The maximum absolute atomic E-state index is 12.4. The third kappa shape index (κ3) is 6.04. The van der Waals surface area contributed by atoms with E-state index in [4.69, 9.17) is 0 Å². The van der Waals surface area contributed by atoms with E-state index >= 15 is 0 Å². The second-order valence-corrected chi connectivity index (χ2v) is 9.01. The third-order valence-electron chi connectivity index (χ3n) is 6.51. The number of benzene rings is 1. The third-order valence-corrected chi connectivity index (χ3v) is 6.51. The molecule has 1 aliphatic rings. The highest BCUT2D eigenvalue weighted by atomic mass is 16.2. The fourth-order valence-electron chi connectivity index (χ4n) is 4.40. The number of aromatic nitrogens is 3. The fraction of sp³-hybridized carbons (Fsp3) is 0.370. The van der Waals surface area contributed by atoms with Crippen LogP contribution in [0.15, 0.2) is 65.0 Å². The van der Waals surface area contributed by atoms with Gasteiger partial charge in [-0.15, -0.1) is 0 Å². The summed E-state index contributed by atoms with van der Waals surface area (Å²) in [6, 6.07) is 11.8. The monoisotopic (exact) mass is 487 g/mol. The highest BCUT2D eigenvalue weighted by molar-refractivity contribution is 5.87. The van der Waals surface area contributed by atoms with Crippen molar-refractivity contribution < 1.29 is 4.79 Å². The second-order valence-electron chi connectivity index (χ2n) is 9.01.